The topological polar surface area (TPSA) is 29.1 Å². The minimum Gasteiger partial charge on any atom is -0.354 e. The second kappa shape index (κ2) is 6.40. The lowest BCUT2D eigenvalue weighted by molar-refractivity contribution is -0.124. The van der Waals surface area contributed by atoms with Gasteiger partial charge in [-0.15, -0.1) is 0 Å². The highest BCUT2D eigenvalue weighted by atomic mass is 16.1. The molecule has 2 bridgehead atoms. The summed E-state index contributed by atoms with van der Waals surface area (Å²) in [5.41, 5.74) is 1.86. The second-order valence-electron chi connectivity index (χ2n) is 6.16. The van der Waals surface area contributed by atoms with Gasteiger partial charge in [-0.25, -0.2) is 0 Å². The monoisotopic (exact) mass is 251 g/mol. The van der Waals surface area contributed by atoms with Gasteiger partial charge in [0.25, 0.3) is 0 Å². The zero-order chi connectivity index (χ0) is 13.8. The maximum Gasteiger partial charge on any atom is 0.220 e. The molecule has 2 unspecified atom stereocenters. The van der Waals surface area contributed by atoms with Crippen LogP contribution in [0.15, 0.2) is 11.6 Å². The molecule has 2 aliphatic carbocycles. The number of allylic oxidation sites excluding steroid dienone is 2. The van der Waals surface area contributed by atoms with Gasteiger partial charge in [0, 0.05) is 12.5 Å². The van der Waals surface area contributed by atoms with Crippen molar-refractivity contribution in [1.29, 1.82) is 0 Å². The summed E-state index contributed by atoms with van der Waals surface area (Å²) in [5.74, 6) is 0.994. The molecular weight excluding hydrogens is 222 g/mol. The first-order valence-electron chi connectivity index (χ1n) is 7.46. The molecule has 0 aromatic carbocycles. The van der Waals surface area contributed by atoms with Crippen LogP contribution in [0, 0.1) is 11.3 Å². The van der Waals surface area contributed by atoms with Crippen LogP contribution in [0.4, 0.5) is 0 Å². The zero-order valence-electron chi connectivity index (χ0n) is 12.7. The number of nitrogens with one attached hydrogen (secondary N) is 1. The molecule has 1 fully saturated rings. The van der Waals surface area contributed by atoms with Gasteiger partial charge in [0.2, 0.25) is 5.91 Å². The smallest absolute Gasteiger partial charge is 0.220 e. The van der Waals surface area contributed by atoms with Crippen LogP contribution in [-0.4, -0.2) is 11.9 Å². The highest BCUT2D eigenvalue weighted by molar-refractivity contribution is 5.77. The van der Waals surface area contributed by atoms with Crippen LogP contribution in [0.2, 0.25) is 0 Å². The van der Waals surface area contributed by atoms with Gasteiger partial charge in [-0.3, -0.25) is 4.79 Å². The van der Waals surface area contributed by atoms with Crippen molar-refractivity contribution in [3.05, 3.63) is 11.6 Å². The molecule has 2 heteroatoms. The Kier molecular flexibility index (Phi) is 5.43. The van der Waals surface area contributed by atoms with E-state index in [1.54, 1.807) is 5.57 Å². The first kappa shape index (κ1) is 15.3. The molecule has 0 radical (unpaired) electrons. The van der Waals surface area contributed by atoms with Crippen LogP contribution in [0.3, 0.4) is 0 Å². The van der Waals surface area contributed by atoms with E-state index in [-0.39, 0.29) is 17.4 Å². The largest absolute Gasteiger partial charge is 0.354 e. The van der Waals surface area contributed by atoms with E-state index < -0.39 is 0 Å². The first-order valence-corrected chi connectivity index (χ1v) is 7.46. The van der Waals surface area contributed by atoms with E-state index in [2.05, 4.69) is 18.3 Å². The molecule has 1 amide bonds. The Morgan fingerprint density at radius 2 is 2.17 bits per heavy atom. The molecule has 2 atom stereocenters. The van der Waals surface area contributed by atoms with E-state index in [0.29, 0.717) is 0 Å². The molecule has 0 aliphatic heterocycles. The normalized spacial score (nSPS) is 29.4. The maximum absolute atomic E-state index is 11.9. The molecule has 1 N–H and O–H groups in total. The fraction of sp³-hybridized carbons (Fsp3) is 0.812. The molecule has 1 saturated carbocycles. The highest BCUT2D eigenvalue weighted by Gasteiger charge is 2.41. The summed E-state index contributed by atoms with van der Waals surface area (Å²) in [5, 5.41) is 3.02. The molecule has 0 spiro atoms. The van der Waals surface area contributed by atoms with Crippen LogP contribution in [0.5, 0.6) is 0 Å². The van der Waals surface area contributed by atoms with Crippen molar-refractivity contribution in [3.8, 4) is 0 Å². The summed E-state index contributed by atoms with van der Waals surface area (Å²) >= 11 is 0. The van der Waals surface area contributed by atoms with Gasteiger partial charge in [-0.2, -0.15) is 0 Å². The van der Waals surface area contributed by atoms with Crippen LogP contribution < -0.4 is 5.32 Å². The molecule has 18 heavy (non-hydrogen) atoms. The van der Waals surface area contributed by atoms with Crippen LogP contribution in [0.25, 0.3) is 0 Å². The predicted octanol–water partition coefficient (Wildman–Crippen LogP) is 4.06. The fourth-order valence-electron chi connectivity index (χ4n) is 3.48. The highest BCUT2D eigenvalue weighted by Crippen LogP contribution is 2.51. The predicted molar refractivity (Wildman–Crippen MR) is 77.4 cm³/mol. The average Bonchev–Trinajstić information content (AvgIpc) is 2.55. The average molecular weight is 251 g/mol. The van der Waals surface area contributed by atoms with E-state index in [9.17, 15) is 4.79 Å². The molecule has 0 saturated heterocycles. The van der Waals surface area contributed by atoms with Gasteiger partial charge in [0.15, 0.2) is 0 Å². The van der Waals surface area contributed by atoms with E-state index in [1.165, 1.54) is 19.3 Å². The van der Waals surface area contributed by atoms with E-state index in [1.807, 2.05) is 27.7 Å². The Labute approximate surface area is 112 Å². The number of rotatable bonds is 3. The summed E-state index contributed by atoms with van der Waals surface area (Å²) in [4.78, 5) is 11.9. The third kappa shape index (κ3) is 3.86. The molecule has 104 valence electrons. The summed E-state index contributed by atoms with van der Waals surface area (Å²) < 4.78 is 0. The standard InChI is InChI=1S/C14H23NO.C2H6/c1-10(2)15-13(16)9-14-5-4-12(8-14)6-11(3)7-14;1-2/h4,10-11H,5-9H2,1-3H3,(H,15,16);1-2H3. The molecule has 2 rings (SSSR count). The molecular formula is C16H29NO. The maximum atomic E-state index is 11.9. The number of amides is 1. The van der Waals surface area contributed by atoms with Crippen molar-refractivity contribution < 1.29 is 4.79 Å². The van der Waals surface area contributed by atoms with Gasteiger partial charge < -0.3 is 5.32 Å². The third-order valence-corrected chi connectivity index (χ3v) is 3.80. The fourth-order valence-corrected chi connectivity index (χ4v) is 3.48. The molecule has 2 aliphatic rings. The van der Waals surface area contributed by atoms with Gasteiger partial charge >= 0.3 is 0 Å². The Balaban J connectivity index is 0.000000771. The van der Waals surface area contributed by atoms with Gasteiger partial charge in [-0.05, 0) is 50.9 Å². The van der Waals surface area contributed by atoms with E-state index in [4.69, 9.17) is 0 Å². The lowest BCUT2D eigenvalue weighted by Crippen LogP contribution is -2.36. The number of carbonyl (C=O) groups excluding carboxylic acids is 1. The van der Waals surface area contributed by atoms with Gasteiger partial charge in [0.05, 0.1) is 0 Å². The Hall–Kier alpha value is -0.790. The lowest BCUT2D eigenvalue weighted by Gasteiger charge is -2.36. The SMILES string of the molecule is CC.CC1CC2=CCC(CC(=O)NC(C)C)(C2)C1. The molecule has 0 heterocycles. The van der Waals surface area contributed by atoms with Crippen molar-refractivity contribution in [2.24, 2.45) is 11.3 Å². The van der Waals surface area contributed by atoms with Crippen LogP contribution in [-0.2, 0) is 4.79 Å². The van der Waals surface area contributed by atoms with Crippen molar-refractivity contribution in [2.75, 3.05) is 0 Å². The minimum atomic E-state index is 0.235. The molecule has 0 aromatic rings. The van der Waals surface area contributed by atoms with Crippen molar-refractivity contribution >= 4 is 5.91 Å². The lowest BCUT2D eigenvalue weighted by atomic mass is 9.69. The number of hydrogen-bond donors (Lipinski definition) is 1. The van der Waals surface area contributed by atoms with Gasteiger partial charge in [0.1, 0.15) is 0 Å². The summed E-state index contributed by atoms with van der Waals surface area (Å²) in [6.45, 7) is 10.4. The summed E-state index contributed by atoms with van der Waals surface area (Å²) in [7, 11) is 0. The Morgan fingerprint density at radius 3 is 2.78 bits per heavy atom. The Morgan fingerprint density at radius 1 is 1.50 bits per heavy atom. The first-order chi connectivity index (χ1) is 8.49. The molecule has 2 nitrogen and oxygen atoms in total. The number of hydrogen-bond acceptors (Lipinski definition) is 1. The Bertz CT molecular complexity index is 319. The molecule has 0 aromatic heterocycles. The quantitative estimate of drug-likeness (QED) is 0.753. The summed E-state index contributed by atoms with van der Waals surface area (Å²) in [6, 6.07) is 0.263. The minimum absolute atomic E-state index is 0.235. The van der Waals surface area contributed by atoms with Gasteiger partial charge in [-0.1, -0.05) is 32.4 Å². The number of carbonyl (C=O) groups is 1. The number of fused-ring (bicyclic) bond motifs is 2. The van der Waals surface area contributed by atoms with Crippen molar-refractivity contribution in [3.63, 3.8) is 0 Å². The van der Waals surface area contributed by atoms with E-state index >= 15 is 0 Å². The van der Waals surface area contributed by atoms with Crippen molar-refractivity contribution in [1.82, 2.24) is 5.32 Å². The van der Waals surface area contributed by atoms with Crippen LogP contribution in [0.1, 0.15) is 66.7 Å². The van der Waals surface area contributed by atoms with Crippen LogP contribution >= 0.6 is 0 Å². The zero-order valence-corrected chi connectivity index (χ0v) is 12.7. The third-order valence-electron chi connectivity index (χ3n) is 3.80. The summed E-state index contributed by atoms with van der Waals surface area (Å²) in [6.07, 6.45) is 7.87. The second-order valence-corrected chi connectivity index (χ2v) is 6.16. The van der Waals surface area contributed by atoms with E-state index in [0.717, 1.165) is 18.8 Å². The van der Waals surface area contributed by atoms with Crippen molar-refractivity contribution in [2.45, 2.75) is 72.8 Å².